The predicted molar refractivity (Wildman–Crippen MR) is 79.9 cm³/mol. The fourth-order valence-electron chi connectivity index (χ4n) is 1.75. The van der Waals surface area contributed by atoms with Crippen LogP contribution in [-0.4, -0.2) is 11.8 Å². The fraction of sp³-hybridized carbons (Fsp3) is 0.125. The Hall–Kier alpha value is -2.62. The second-order valence-corrected chi connectivity index (χ2v) is 4.58. The largest absolute Gasteiger partial charge is 0.326 e. The summed E-state index contributed by atoms with van der Waals surface area (Å²) in [6.07, 6.45) is 0. The molecule has 0 radical (unpaired) electrons. The van der Waals surface area contributed by atoms with E-state index in [1.165, 1.54) is 6.92 Å². The van der Waals surface area contributed by atoms with Crippen molar-refractivity contribution in [2.45, 2.75) is 13.8 Å². The number of rotatable bonds is 3. The molecule has 0 heterocycles. The summed E-state index contributed by atoms with van der Waals surface area (Å²) < 4.78 is 0. The second-order valence-electron chi connectivity index (χ2n) is 4.58. The first-order chi connectivity index (χ1) is 9.54. The molecule has 0 aliphatic carbocycles. The van der Waals surface area contributed by atoms with Crippen molar-refractivity contribution in [1.82, 2.24) is 0 Å². The number of hydrogen-bond donors (Lipinski definition) is 2. The van der Waals surface area contributed by atoms with Crippen LogP contribution in [0.15, 0.2) is 48.5 Å². The molecule has 4 heteroatoms. The van der Waals surface area contributed by atoms with Gasteiger partial charge in [0, 0.05) is 23.9 Å². The predicted octanol–water partition coefficient (Wildman–Crippen LogP) is 3.21. The van der Waals surface area contributed by atoms with Crippen molar-refractivity contribution >= 4 is 23.2 Å². The molecule has 102 valence electrons. The van der Waals surface area contributed by atoms with E-state index in [2.05, 4.69) is 10.6 Å². The minimum absolute atomic E-state index is 0.124. The van der Waals surface area contributed by atoms with E-state index in [1.807, 2.05) is 19.1 Å². The van der Waals surface area contributed by atoms with Crippen molar-refractivity contribution in [3.8, 4) is 0 Å². The number of carbonyl (C=O) groups excluding carboxylic acids is 2. The van der Waals surface area contributed by atoms with Gasteiger partial charge in [0.25, 0.3) is 5.91 Å². The van der Waals surface area contributed by atoms with E-state index in [0.717, 1.165) is 5.56 Å². The molecule has 0 aromatic heterocycles. The number of aryl methyl sites for hydroxylation is 1. The third-order valence-electron chi connectivity index (χ3n) is 2.78. The highest BCUT2D eigenvalue weighted by Gasteiger charge is 2.05. The molecular formula is C16H16N2O2. The third kappa shape index (κ3) is 3.68. The molecule has 2 rings (SSSR count). The van der Waals surface area contributed by atoms with E-state index in [-0.39, 0.29) is 11.8 Å². The van der Waals surface area contributed by atoms with E-state index >= 15 is 0 Å². The highest BCUT2D eigenvalue weighted by Crippen LogP contribution is 2.14. The maximum Gasteiger partial charge on any atom is 0.255 e. The fourth-order valence-corrected chi connectivity index (χ4v) is 1.75. The molecule has 0 saturated carbocycles. The van der Waals surface area contributed by atoms with Gasteiger partial charge in [-0.2, -0.15) is 0 Å². The van der Waals surface area contributed by atoms with Gasteiger partial charge in [-0.25, -0.2) is 0 Å². The molecule has 0 fully saturated rings. The van der Waals surface area contributed by atoms with Crippen molar-refractivity contribution in [3.63, 3.8) is 0 Å². The summed E-state index contributed by atoms with van der Waals surface area (Å²) in [4.78, 5) is 22.9. The summed E-state index contributed by atoms with van der Waals surface area (Å²) in [6, 6.07) is 14.4. The maximum atomic E-state index is 12.0. The molecule has 2 amide bonds. The van der Waals surface area contributed by atoms with Gasteiger partial charge in [-0.1, -0.05) is 17.7 Å². The summed E-state index contributed by atoms with van der Waals surface area (Å²) >= 11 is 0. The zero-order valence-electron chi connectivity index (χ0n) is 11.4. The van der Waals surface area contributed by atoms with Gasteiger partial charge in [-0.05, 0) is 43.3 Å². The van der Waals surface area contributed by atoms with Gasteiger partial charge in [-0.3, -0.25) is 9.59 Å². The molecule has 0 aliphatic rings. The highest BCUT2D eigenvalue weighted by atomic mass is 16.2. The van der Waals surface area contributed by atoms with E-state index in [4.69, 9.17) is 0 Å². The lowest BCUT2D eigenvalue weighted by Gasteiger charge is -2.07. The Balaban J connectivity index is 2.04. The van der Waals surface area contributed by atoms with E-state index in [1.54, 1.807) is 36.4 Å². The van der Waals surface area contributed by atoms with Crippen LogP contribution in [0.3, 0.4) is 0 Å². The summed E-state index contributed by atoms with van der Waals surface area (Å²) in [5.41, 5.74) is 3.11. The van der Waals surface area contributed by atoms with Crippen LogP contribution in [0.2, 0.25) is 0 Å². The molecule has 4 nitrogen and oxygen atoms in total. The van der Waals surface area contributed by atoms with Crippen molar-refractivity contribution in [2.24, 2.45) is 0 Å². The Morgan fingerprint density at radius 2 is 1.30 bits per heavy atom. The monoisotopic (exact) mass is 268 g/mol. The van der Waals surface area contributed by atoms with Crippen molar-refractivity contribution < 1.29 is 9.59 Å². The molecule has 20 heavy (non-hydrogen) atoms. The lowest BCUT2D eigenvalue weighted by atomic mass is 10.1. The Kier molecular flexibility index (Phi) is 4.15. The van der Waals surface area contributed by atoms with Crippen LogP contribution in [0.4, 0.5) is 11.4 Å². The quantitative estimate of drug-likeness (QED) is 0.898. The molecule has 2 N–H and O–H groups in total. The van der Waals surface area contributed by atoms with Crippen LogP contribution in [0.1, 0.15) is 22.8 Å². The number of carbonyl (C=O) groups is 2. The third-order valence-corrected chi connectivity index (χ3v) is 2.78. The topological polar surface area (TPSA) is 58.2 Å². The smallest absolute Gasteiger partial charge is 0.255 e. The Morgan fingerprint density at radius 1 is 0.800 bits per heavy atom. The summed E-state index contributed by atoms with van der Waals surface area (Å²) in [7, 11) is 0. The molecule has 0 aliphatic heterocycles. The average Bonchev–Trinajstić information content (AvgIpc) is 2.41. The summed E-state index contributed by atoms with van der Waals surface area (Å²) in [5.74, 6) is -0.279. The average molecular weight is 268 g/mol. The molecule has 2 aromatic rings. The summed E-state index contributed by atoms with van der Waals surface area (Å²) in [5, 5.41) is 5.48. The van der Waals surface area contributed by atoms with Crippen LogP contribution in [0, 0.1) is 6.92 Å². The lowest BCUT2D eigenvalue weighted by molar-refractivity contribution is -0.114. The lowest BCUT2D eigenvalue weighted by Crippen LogP contribution is -2.12. The van der Waals surface area contributed by atoms with E-state index in [0.29, 0.717) is 16.9 Å². The number of nitrogens with one attached hydrogen (secondary N) is 2. The van der Waals surface area contributed by atoms with E-state index < -0.39 is 0 Å². The van der Waals surface area contributed by atoms with E-state index in [9.17, 15) is 9.59 Å². The van der Waals surface area contributed by atoms with Gasteiger partial charge in [0.2, 0.25) is 5.91 Å². The van der Waals surface area contributed by atoms with Crippen molar-refractivity contribution in [2.75, 3.05) is 10.6 Å². The molecule has 0 bridgehead atoms. The molecule has 2 aromatic carbocycles. The minimum atomic E-state index is -0.155. The first-order valence-electron chi connectivity index (χ1n) is 6.30. The van der Waals surface area contributed by atoms with Gasteiger partial charge in [-0.15, -0.1) is 0 Å². The zero-order valence-corrected chi connectivity index (χ0v) is 11.4. The maximum absolute atomic E-state index is 12.0. The van der Waals surface area contributed by atoms with Gasteiger partial charge in [0.05, 0.1) is 0 Å². The van der Waals surface area contributed by atoms with Crippen LogP contribution >= 0.6 is 0 Å². The molecule has 0 unspecified atom stereocenters. The van der Waals surface area contributed by atoms with Crippen LogP contribution in [0.5, 0.6) is 0 Å². The standard InChI is InChI=1S/C16H16N2O2/c1-11-3-5-13(6-4-11)16(20)18-15-9-7-14(8-10-15)17-12(2)19/h3-10H,1-2H3,(H,17,19)(H,18,20). The van der Waals surface area contributed by atoms with Crippen LogP contribution < -0.4 is 10.6 Å². The number of hydrogen-bond acceptors (Lipinski definition) is 2. The number of anilines is 2. The minimum Gasteiger partial charge on any atom is -0.326 e. The second kappa shape index (κ2) is 6.02. The van der Waals surface area contributed by atoms with Gasteiger partial charge >= 0.3 is 0 Å². The Morgan fingerprint density at radius 3 is 1.80 bits per heavy atom. The number of amides is 2. The molecular weight excluding hydrogens is 252 g/mol. The summed E-state index contributed by atoms with van der Waals surface area (Å²) in [6.45, 7) is 3.43. The van der Waals surface area contributed by atoms with Crippen LogP contribution in [-0.2, 0) is 4.79 Å². The van der Waals surface area contributed by atoms with Gasteiger partial charge in [0.1, 0.15) is 0 Å². The normalized spacial score (nSPS) is 9.90. The molecule has 0 atom stereocenters. The van der Waals surface area contributed by atoms with Crippen molar-refractivity contribution in [1.29, 1.82) is 0 Å². The first-order valence-corrected chi connectivity index (χ1v) is 6.30. The Labute approximate surface area is 117 Å². The highest BCUT2D eigenvalue weighted by molar-refractivity contribution is 6.04. The van der Waals surface area contributed by atoms with Gasteiger partial charge in [0.15, 0.2) is 0 Å². The van der Waals surface area contributed by atoms with Crippen molar-refractivity contribution in [3.05, 3.63) is 59.7 Å². The SMILES string of the molecule is CC(=O)Nc1ccc(NC(=O)c2ccc(C)cc2)cc1. The Bertz CT molecular complexity index is 616. The number of benzene rings is 2. The first kappa shape index (κ1) is 13.8. The van der Waals surface area contributed by atoms with Crippen LogP contribution in [0.25, 0.3) is 0 Å². The van der Waals surface area contributed by atoms with Gasteiger partial charge < -0.3 is 10.6 Å². The zero-order chi connectivity index (χ0) is 14.5. The molecule has 0 spiro atoms. The molecule has 0 saturated heterocycles.